The van der Waals surface area contributed by atoms with Gasteiger partial charge in [0, 0.05) is 7.11 Å². The third-order valence-electron chi connectivity index (χ3n) is 4.55. The lowest BCUT2D eigenvalue weighted by molar-refractivity contribution is -0.0583. The molecular formula is C15H30O2. The van der Waals surface area contributed by atoms with Gasteiger partial charge >= 0.3 is 0 Å². The van der Waals surface area contributed by atoms with Crippen LogP contribution in [0.25, 0.3) is 0 Å². The lowest BCUT2D eigenvalue weighted by Crippen LogP contribution is -2.39. The van der Waals surface area contributed by atoms with E-state index in [1.807, 2.05) is 0 Å². The first-order chi connectivity index (χ1) is 7.78. The Hall–Kier alpha value is -0.0800. The van der Waals surface area contributed by atoms with Crippen molar-refractivity contribution in [3.63, 3.8) is 0 Å². The number of hydrogen-bond donors (Lipinski definition) is 1. The molecule has 0 aliphatic heterocycles. The highest BCUT2D eigenvalue weighted by atomic mass is 16.5. The van der Waals surface area contributed by atoms with Crippen LogP contribution in [0.1, 0.15) is 66.2 Å². The molecule has 0 radical (unpaired) electrons. The smallest absolute Gasteiger partial charge is 0.0651 e. The third-order valence-corrected chi connectivity index (χ3v) is 4.55. The minimum atomic E-state index is -0.441. The summed E-state index contributed by atoms with van der Waals surface area (Å²) >= 11 is 0. The Morgan fingerprint density at radius 3 is 2.59 bits per heavy atom. The second-order valence-electron chi connectivity index (χ2n) is 6.79. The van der Waals surface area contributed by atoms with Crippen LogP contribution in [-0.4, -0.2) is 23.4 Å². The molecule has 1 aliphatic rings. The molecule has 2 heteroatoms. The van der Waals surface area contributed by atoms with E-state index in [1.165, 1.54) is 12.8 Å². The fourth-order valence-electron chi connectivity index (χ4n) is 2.82. The molecule has 0 aromatic rings. The highest BCUT2D eigenvalue weighted by Gasteiger charge is 2.36. The second kappa shape index (κ2) is 5.71. The van der Waals surface area contributed by atoms with E-state index < -0.39 is 5.60 Å². The van der Waals surface area contributed by atoms with Crippen molar-refractivity contribution < 1.29 is 9.84 Å². The zero-order chi connectivity index (χ0) is 13.1. The number of hydrogen-bond acceptors (Lipinski definition) is 2. The zero-order valence-corrected chi connectivity index (χ0v) is 12.3. The molecule has 0 spiro atoms. The van der Waals surface area contributed by atoms with Gasteiger partial charge in [-0.2, -0.15) is 0 Å². The van der Waals surface area contributed by atoms with Crippen molar-refractivity contribution in [2.24, 2.45) is 11.8 Å². The molecule has 1 rings (SSSR count). The first-order valence-electron chi connectivity index (χ1n) is 7.05. The molecule has 2 nitrogen and oxygen atoms in total. The van der Waals surface area contributed by atoms with Crippen LogP contribution in [0.4, 0.5) is 0 Å². The Bertz CT molecular complexity index is 235. The predicted octanol–water partition coefficient (Wildman–Crippen LogP) is 3.77. The fourth-order valence-corrected chi connectivity index (χ4v) is 2.82. The molecule has 0 bridgehead atoms. The van der Waals surface area contributed by atoms with Crippen LogP contribution >= 0.6 is 0 Å². The lowest BCUT2D eigenvalue weighted by atomic mass is 9.71. The highest BCUT2D eigenvalue weighted by molar-refractivity contribution is 4.89. The van der Waals surface area contributed by atoms with Gasteiger partial charge in [0.25, 0.3) is 0 Å². The quantitative estimate of drug-likeness (QED) is 0.795. The van der Waals surface area contributed by atoms with E-state index in [0.717, 1.165) is 25.7 Å². The van der Waals surface area contributed by atoms with E-state index in [2.05, 4.69) is 27.7 Å². The van der Waals surface area contributed by atoms with E-state index in [4.69, 9.17) is 4.74 Å². The van der Waals surface area contributed by atoms with Crippen LogP contribution in [0, 0.1) is 11.8 Å². The van der Waals surface area contributed by atoms with E-state index >= 15 is 0 Å². The van der Waals surface area contributed by atoms with Crippen molar-refractivity contribution in [1.29, 1.82) is 0 Å². The van der Waals surface area contributed by atoms with Gasteiger partial charge in [-0.15, -0.1) is 0 Å². The summed E-state index contributed by atoms with van der Waals surface area (Å²) in [5, 5.41) is 10.7. The Kier molecular flexibility index (Phi) is 5.03. The molecule has 1 N–H and O–H groups in total. The first-order valence-corrected chi connectivity index (χ1v) is 7.05. The van der Waals surface area contributed by atoms with Crippen molar-refractivity contribution >= 4 is 0 Å². The number of methoxy groups -OCH3 is 1. The number of aliphatic hydroxyl groups is 1. The molecule has 1 saturated carbocycles. The second-order valence-corrected chi connectivity index (χ2v) is 6.79. The minimum Gasteiger partial charge on any atom is -0.390 e. The van der Waals surface area contributed by atoms with Crippen LogP contribution in [0.15, 0.2) is 0 Å². The summed E-state index contributed by atoms with van der Waals surface area (Å²) in [5.74, 6) is 1.39. The summed E-state index contributed by atoms with van der Waals surface area (Å²) in [5.41, 5.74) is -0.552. The van der Waals surface area contributed by atoms with Crippen LogP contribution in [-0.2, 0) is 4.74 Å². The SMILES string of the molecule is COC(C)(C)CCC1(O)CCCC(C(C)C)C1. The predicted molar refractivity (Wildman–Crippen MR) is 72.1 cm³/mol. The van der Waals surface area contributed by atoms with Gasteiger partial charge in [-0.25, -0.2) is 0 Å². The maximum absolute atomic E-state index is 10.7. The van der Waals surface area contributed by atoms with Gasteiger partial charge in [-0.05, 0) is 57.8 Å². The minimum absolute atomic E-state index is 0.111. The number of rotatable bonds is 5. The topological polar surface area (TPSA) is 29.5 Å². The normalized spacial score (nSPS) is 30.9. The van der Waals surface area contributed by atoms with E-state index in [-0.39, 0.29) is 5.60 Å². The van der Waals surface area contributed by atoms with Crippen LogP contribution in [0.3, 0.4) is 0 Å². The van der Waals surface area contributed by atoms with Gasteiger partial charge in [-0.3, -0.25) is 0 Å². The Balaban J connectivity index is 2.50. The first kappa shape index (κ1) is 15.0. The highest BCUT2D eigenvalue weighted by Crippen LogP contribution is 2.39. The summed E-state index contributed by atoms with van der Waals surface area (Å²) in [6.07, 6.45) is 6.21. The van der Waals surface area contributed by atoms with Gasteiger partial charge < -0.3 is 9.84 Å². The molecule has 1 fully saturated rings. The largest absolute Gasteiger partial charge is 0.390 e. The Morgan fingerprint density at radius 1 is 1.41 bits per heavy atom. The van der Waals surface area contributed by atoms with Crippen molar-refractivity contribution in [2.75, 3.05) is 7.11 Å². The molecule has 0 saturated heterocycles. The lowest BCUT2D eigenvalue weighted by Gasteiger charge is -2.40. The van der Waals surface area contributed by atoms with Crippen molar-refractivity contribution in [3.05, 3.63) is 0 Å². The van der Waals surface area contributed by atoms with Crippen LogP contribution in [0.5, 0.6) is 0 Å². The van der Waals surface area contributed by atoms with E-state index in [1.54, 1.807) is 7.11 Å². The molecule has 2 unspecified atom stereocenters. The van der Waals surface area contributed by atoms with Crippen molar-refractivity contribution in [1.82, 2.24) is 0 Å². The standard InChI is InChI=1S/C15H30O2/c1-12(2)13-7-6-8-15(16,11-13)10-9-14(3,4)17-5/h12-13,16H,6-11H2,1-5H3. The molecule has 0 aromatic carbocycles. The summed E-state index contributed by atoms with van der Waals surface area (Å²) in [6.45, 7) is 8.74. The Morgan fingerprint density at radius 2 is 2.06 bits per heavy atom. The fraction of sp³-hybridized carbons (Fsp3) is 1.00. The summed E-state index contributed by atoms with van der Waals surface area (Å²) in [7, 11) is 1.75. The van der Waals surface area contributed by atoms with Crippen molar-refractivity contribution in [3.8, 4) is 0 Å². The molecule has 102 valence electrons. The molecule has 17 heavy (non-hydrogen) atoms. The average Bonchev–Trinajstić information content (AvgIpc) is 2.27. The number of ether oxygens (including phenoxy) is 1. The average molecular weight is 242 g/mol. The zero-order valence-electron chi connectivity index (χ0n) is 12.3. The summed E-state index contributed by atoms with van der Waals surface area (Å²) in [4.78, 5) is 0. The molecular weight excluding hydrogens is 212 g/mol. The molecule has 1 aliphatic carbocycles. The maximum Gasteiger partial charge on any atom is 0.0651 e. The van der Waals surface area contributed by atoms with Gasteiger partial charge in [-0.1, -0.05) is 20.3 Å². The third kappa shape index (κ3) is 4.59. The maximum atomic E-state index is 10.7. The molecule has 2 atom stereocenters. The van der Waals surface area contributed by atoms with Gasteiger partial charge in [0.15, 0.2) is 0 Å². The van der Waals surface area contributed by atoms with Crippen LogP contribution in [0.2, 0.25) is 0 Å². The van der Waals surface area contributed by atoms with Gasteiger partial charge in [0.05, 0.1) is 11.2 Å². The monoisotopic (exact) mass is 242 g/mol. The van der Waals surface area contributed by atoms with Gasteiger partial charge in [0.2, 0.25) is 0 Å². The summed E-state index contributed by atoms with van der Waals surface area (Å²) in [6, 6.07) is 0. The molecule has 0 heterocycles. The van der Waals surface area contributed by atoms with E-state index in [9.17, 15) is 5.11 Å². The molecule has 0 aromatic heterocycles. The Labute approximate surface area is 107 Å². The van der Waals surface area contributed by atoms with E-state index in [0.29, 0.717) is 11.8 Å². The van der Waals surface area contributed by atoms with Gasteiger partial charge in [0.1, 0.15) is 0 Å². The van der Waals surface area contributed by atoms with Crippen molar-refractivity contribution in [2.45, 2.75) is 77.4 Å². The van der Waals surface area contributed by atoms with Crippen LogP contribution < -0.4 is 0 Å². The summed E-state index contributed by atoms with van der Waals surface area (Å²) < 4.78 is 5.44. The molecule has 0 amide bonds.